The maximum Gasteiger partial charge on any atom is 0.252 e. The molecule has 1 N–H and O–H groups in total. The molecule has 2 heterocycles. The van der Waals surface area contributed by atoms with Gasteiger partial charge in [-0.25, -0.2) is 4.68 Å². The van der Waals surface area contributed by atoms with Crippen molar-refractivity contribution in [1.29, 1.82) is 0 Å². The van der Waals surface area contributed by atoms with Crippen LogP contribution >= 0.6 is 0 Å². The minimum absolute atomic E-state index is 0.0166. The lowest BCUT2D eigenvalue weighted by Crippen LogP contribution is -2.33. The van der Waals surface area contributed by atoms with Gasteiger partial charge >= 0.3 is 0 Å². The fourth-order valence-corrected chi connectivity index (χ4v) is 5.53. The zero-order valence-corrected chi connectivity index (χ0v) is 21.4. The van der Waals surface area contributed by atoms with Crippen LogP contribution in [-0.4, -0.2) is 30.1 Å². The van der Waals surface area contributed by atoms with Crippen molar-refractivity contribution in [2.75, 3.05) is 0 Å². The molecule has 5 rings (SSSR count). The molecule has 0 aliphatic heterocycles. The number of nitrogens with zero attached hydrogens (tertiary/aromatic N) is 5. The first kappa shape index (κ1) is 24.4. The predicted octanol–water partition coefficient (Wildman–Crippen LogP) is 5.74. The standard InChI is InChI=1S/C29H36N6O/c1-3-10-27(28-31-32-33-35(28)25-13-8-9-14-25)34(19-22-11-6-5-7-12-22)20-24-18-23-17-21(4-2)15-16-26(23)30-29(24)36/h5-7,11-12,15-18,25,27H,3-4,8-10,13-14,19-20H2,1-2H3,(H,30,36). The van der Waals surface area contributed by atoms with Crippen LogP contribution in [-0.2, 0) is 19.5 Å². The number of rotatable bonds is 10. The van der Waals surface area contributed by atoms with E-state index in [0.29, 0.717) is 12.6 Å². The van der Waals surface area contributed by atoms with E-state index < -0.39 is 0 Å². The van der Waals surface area contributed by atoms with Crippen molar-refractivity contribution in [3.8, 4) is 0 Å². The second-order valence-corrected chi connectivity index (χ2v) is 10.0. The molecule has 0 bridgehead atoms. The van der Waals surface area contributed by atoms with Gasteiger partial charge in [0.25, 0.3) is 5.56 Å². The Morgan fingerprint density at radius 1 is 1.03 bits per heavy atom. The van der Waals surface area contributed by atoms with E-state index >= 15 is 0 Å². The van der Waals surface area contributed by atoms with Crippen molar-refractivity contribution in [3.63, 3.8) is 0 Å². The first-order valence-electron chi connectivity index (χ1n) is 13.4. The number of aryl methyl sites for hydroxylation is 1. The van der Waals surface area contributed by atoms with Crippen molar-refractivity contribution < 1.29 is 0 Å². The molecule has 1 fully saturated rings. The highest BCUT2D eigenvalue weighted by molar-refractivity contribution is 5.79. The van der Waals surface area contributed by atoms with E-state index in [4.69, 9.17) is 0 Å². The number of aromatic nitrogens is 5. The number of tetrazole rings is 1. The fraction of sp³-hybridized carbons (Fsp3) is 0.448. The zero-order valence-electron chi connectivity index (χ0n) is 21.4. The van der Waals surface area contributed by atoms with Crippen LogP contribution in [0.15, 0.2) is 59.4 Å². The highest BCUT2D eigenvalue weighted by atomic mass is 16.1. The average molecular weight is 485 g/mol. The summed E-state index contributed by atoms with van der Waals surface area (Å²) in [4.78, 5) is 18.7. The molecule has 1 unspecified atom stereocenters. The Morgan fingerprint density at radius 3 is 2.58 bits per heavy atom. The third-order valence-electron chi connectivity index (χ3n) is 7.49. The second-order valence-electron chi connectivity index (χ2n) is 10.0. The van der Waals surface area contributed by atoms with Crippen LogP contribution in [0.2, 0.25) is 0 Å². The fourth-order valence-electron chi connectivity index (χ4n) is 5.53. The van der Waals surface area contributed by atoms with E-state index in [-0.39, 0.29) is 11.6 Å². The molecule has 7 heteroatoms. The highest BCUT2D eigenvalue weighted by Gasteiger charge is 2.30. The van der Waals surface area contributed by atoms with Gasteiger partial charge in [0.2, 0.25) is 0 Å². The van der Waals surface area contributed by atoms with Gasteiger partial charge in [0.1, 0.15) is 0 Å². The molecule has 7 nitrogen and oxygen atoms in total. The molecule has 2 aromatic heterocycles. The first-order chi connectivity index (χ1) is 17.7. The molecule has 1 atom stereocenters. The Labute approximate surface area is 212 Å². The van der Waals surface area contributed by atoms with Crippen LogP contribution in [0.25, 0.3) is 10.9 Å². The van der Waals surface area contributed by atoms with Gasteiger partial charge in [-0.1, -0.05) is 69.5 Å². The van der Waals surface area contributed by atoms with E-state index in [0.717, 1.165) is 60.9 Å². The van der Waals surface area contributed by atoms with E-state index in [9.17, 15) is 4.79 Å². The summed E-state index contributed by atoms with van der Waals surface area (Å²) in [5, 5.41) is 14.2. The van der Waals surface area contributed by atoms with Crippen molar-refractivity contribution in [2.45, 2.75) is 84.0 Å². The Hall–Kier alpha value is -3.32. The smallest absolute Gasteiger partial charge is 0.252 e. The molecular formula is C29H36N6O. The molecule has 2 aromatic carbocycles. The summed E-state index contributed by atoms with van der Waals surface area (Å²) in [7, 11) is 0. The van der Waals surface area contributed by atoms with Crippen LogP contribution in [0, 0.1) is 0 Å². The summed E-state index contributed by atoms with van der Waals surface area (Å²) in [5.41, 5.74) is 4.10. The predicted molar refractivity (Wildman–Crippen MR) is 143 cm³/mol. The van der Waals surface area contributed by atoms with E-state index in [1.54, 1.807) is 0 Å². The van der Waals surface area contributed by atoms with Gasteiger partial charge in [0.05, 0.1) is 12.1 Å². The second kappa shape index (κ2) is 11.2. The molecule has 0 saturated heterocycles. The third-order valence-corrected chi connectivity index (χ3v) is 7.49. The van der Waals surface area contributed by atoms with Crippen LogP contribution < -0.4 is 5.56 Å². The molecule has 4 aromatic rings. The number of fused-ring (bicyclic) bond motifs is 1. The van der Waals surface area contributed by atoms with Gasteiger partial charge in [-0.15, -0.1) is 5.10 Å². The van der Waals surface area contributed by atoms with Gasteiger partial charge in [-0.3, -0.25) is 9.69 Å². The Kier molecular flexibility index (Phi) is 7.56. The van der Waals surface area contributed by atoms with Crippen LogP contribution in [0.5, 0.6) is 0 Å². The average Bonchev–Trinajstić information content (AvgIpc) is 3.60. The Balaban J connectivity index is 1.54. The number of benzene rings is 2. The number of hydrogen-bond acceptors (Lipinski definition) is 5. The van der Waals surface area contributed by atoms with E-state index in [2.05, 4.69) is 86.4 Å². The topological polar surface area (TPSA) is 79.7 Å². The Bertz CT molecular complexity index is 1340. The van der Waals surface area contributed by atoms with Crippen molar-refractivity contribution in [3.05, 3.63) is 87.5 Å². The summed E-state index contributed by atoms with van der Waals surface area (Å²) < 4.78 is 2.07. The van der Waals surface area contributed by atoms with Gasteiger partial charge < -0.3 is 4.98 Å². The Morgan fingerprint density at radius 2 is 1.83 bits per heavy atom. The molecule has 1 saturated carbocycles. The number of aromatic amines is 1. The van der Waals surface area contributed by atoms with Gasteiger partial charge in [-0.2, -0.15) is 0 Å². The first-order valence-corrected chi connectivity index (χ1v) is 13.4. The summed E-state index contributed by atoms with van der Waals surface area (Å²) in [6, 6.07) is 19.2. The zero-order chi connectivity index (χ0) is 24.9. The lowest BCUT2D eigenvalue weighted by atomic mass is 10.0. The maximum absolute atomic E-state index is 13.2. The lowest BCUT2D eigenvalue weighted by molar-refractivity contribution is 0.153. The summed E-state index contributed by atoms with van der Waals surface area (Å²) in [6.07, 6.45) is 7.59. The molecule has 188 valence electrons. The largest absolute Gasteiger partial charge is 0.322 e. The minimum atomic E-state index is -0.0320. The van der Waals surface area contributed by atoms with Gasteiger partial charge in [-0.05, 0) is 70.8 Å². The quantitative estimate of drug-likeness (QED) is 0.311. The molecule has 1 aliphatic rings. The summed E-state index contributed by atoms with van der Waals surface area (Å²) in [6.45, 7) is 5.60. The molecule has 0 amide bonds. The summed E-state index contributed by atoms with van der Waals surface area (Å²) in [5.74, 6) is 0.921. The molecule has 0 spiro atoms. The van der Waals surface area contributed by atoms with Gasteiger partial charge in [0.15, 0.2) is 5.82 Å². The van der Waals surface area contributed by atoms with Crippen molar-refractivity contribution in [2.24, 2.45) is 0 Å². The van der Waals surface area contributed by atoms with Crippen molar-refractivity contribution in [1.82, 2.24) is 30.1 Å². The van der Waals surface area contributed by atoms with Crippen LogP contribution in [0.3, 0.4) is 0 Å². The molecule has 36 heavy (non-hydrogen) atoms. The van der Waals surface area contributed by atoms with Crippen LogP contribution in [0.1, 0.15) is 87.0 Å². The lowest BCUT2D eigenvalue weighted by Gasteiger charge is -2.31. The minimum Gasteiger partial charge on any atom is -0.322 e. The van der Waals surface area contributed by atoms with Crippen molar-refractivity contribution >= 4 is 10.9 Å². The number of pyridine rings is 1. The monoisotopic (exact) mass is 484 g/mol. The normalized spacial score (nSPS) is 15.2. The summed E-state index contributed by atoms with van der Waals surface area (Å²) >= 11 is 0. The number of nitrogens with one attached hydrogen (secondary N) is 1. The molecule has 0 radical (unpaired) electrons. The SMILES string of the molecule is CCCC(c1nnnn1C1CCCC1)N(Cc1ccccc1)Cc1cc2cc(CC)ccc2[nH]c1=O. The van der Waals surface area contributed by atoms with E-state index in [1.165, 1.54) is 24.0 Å². The van der Waals surface area contributed by atoms with Crippen LogP contribution in [0.4, 0.5) is 0 Å². The number of hydrogen-bond donors (Lipinski definition) is 1. The molecule has 1 aliphatic carbocycles. The number of H-pyrrole nitrogens is 1. The van der Waals surface area contributed by atoms with Gasteiger partial charge in [0, 0.05) is 24.2 Å². The van der Waals surface area contributed by atoms with E-state index in [1.807, 2.05) is 12.1 Å². The third kappa shape index (κ3) is 5.26. The maximum atomic E-state index is 13.2. The molecular weight excluding hydrogens is 448 g/mol. The highest BCUT2D eigenvalue weighted by Crippen LogP contribution is 2.34.